The van der Waals surface area contributed by atoms with Gasteiger partial charge in [0.05, 0.1) is 25.4 Å². The van der Waals surface area contributed by atoms with Gasteiger partial charge in [-0.05, 0) is 56.1 Å². The van der Waals surface area contributed by atoms with E-state index in [0.717, 1.165) is 47.7 Å². The van der Waals surface area contributed by atoms with E-state index >= 15 is 0 Å². The van der Waals surface area contributed by atoms with Crippen molar-refractivity contribution in [2.75, 3.05) is 39.2 Å². The smallest absolute Gasteiger partial charge is 0.161 e. The molecule has 4 rings (SSSR count). The van der Waals surface area contributed by atoms with E-state index in [1.807, 2.05) is 24.3 Å². The minimum absolute atomic E-state index is 0.590. The molecule has 0 amide bonds. The number of pyridine rings is 1. The maximum Gasteiger partial charge on any atom is 0.161 e. The second kappa shape index (κ2) is 8.39. The Labute approximate surface area is 164 Å². The van der Waals surface area contributed by atoms with Gasteiger partial charge >= 0.3 is 0 Å². The fourth-order valence-corrected chi connectivity index (χ4v) is 3.58. The zero-order valence-electron chi connectivity index (χ0n) is 16.2. The van der Waals surface area contributed by atoms with Crippen molar-refractivity contribution in [2.45, 2.75) is 12.8 Å². The molecule has 2 aromatic heterocycles. The number of methoxy groups -OCH3 is 2. The highest BCUT2D eigenvalue weighted by atomic mass is 16.5. The van der Waals surface area contributed by atoms with Crippen molar-refractivity contribution in [2.24, 2.45) is 5.92 Å². The van der Waals surface area contributed by atoms with Crippen LogP contribution in [0.15, 0.2) is 36.7 Å². The summed E-state index contributed by atoms with van der Waals surface area (Å²) in [6.07, 6.45) is 5.84. The lowest BCUT2D eigenvalue weighted by Crippen LogP contribution is -2.33. The Bertz CT molecular complexity index is 957. The first kappa shape index (κ1) is 18.4. The lowest BCUT2D eigenvalue weighted by atomic mass is 10.00. The molecule has 1 aliphatic heterocycles. The average Bonchev–Trinajstić information content (AvgIpc) is 2.77. The summed E-state index contributed by atoms with van der Waals surface area (Å²) >= 11 is 0. The summed E-state index contributed by atoms with van der Waals surface area (Å²) in [4.78, 5) is 13.8. The summed E-state index contributed by atoms with van der Waals surface area (Å²) in [5.74, 6) is 2.71. The molecule has 0 aliphatic carbocycles. The summed E-state index contributed by atoms with van der Waals surface area (Å²) in [7, 11) is 3.26. The van der Waals surface area contributed by atoms with E-state index in [0.29, 0.717) is 17.4 Å². The third kappa shape index (κ3) is 3.84. The molecule has 7 heteroatoms. The number of ether oxygens (including phenoxy) is 2. The second-order valence-corrected chi connectivity index (χ2v) is 6.94. The topological polar surface area (TPSA) is 81.2 Å². The van der Waals surface area contributed by atoms with Gasteiger partial charge in [0.2, 0.25) is 0 Å². The lowest BCUT2D eigenvalue weighted by molar-refractivity contribution is 0.355. The number of nitrogens with one attached hydrogen (secondary N) is 2. The van der Waals surface area contributed by atoms with E-state index in [-0.39, 0.29) is 0 Å². The summed E-state index contributed by atoms with van der Waals surface area (Å²) in [6.45, 7) is 3.00. The Balaban J connectivity index is 1.69. The first-order valence-electron chi connectivity index (χ1n) is 9.57. The van der Waals surface area contributed by atoms with Crippen LogP contribution in [-0.4, -0.2) is 48.8 Å². The molecule has 0 bridgehead atoms. The number of piperidine rings is 1. The van der Waals surface area contributed by atoms with E-state index in [9.17, 15) is 0 Å². The second-order valence-electron chi connectivity index (χ2n) is 6.94. The molecular formula is C21H25N5O2. The van der Waals surface area contributed by atoms with E-state index in [1.54, 1.807) is 26.6 Å². The quantitative estimate of drug-likeness (QED) is 0.681. The van der Waals surface area contributed by atoms with Gasteiger partial charge in [-0.2, -0.15) is 0 Å². The van der Waals surface area contributed by atoms with Crippen LogP contribution in [-0.2, 0) is 0 Å². The molecule has 2 N–H and O–H groups in total. The number of rotatable bonds is 6. The van der Waals surface area contributed by atoms with Gasteiger partial charge in [0.25, 0.3) is 0 Å². The number of fused-ring (bicyclic) bond motifs is 1. The average molecular weight is 379 g/mol. The first-order chi connectivity index (χ1) is 13.8. The molecule has 1 aromatic carbocycles. The van der Waals surface area contributed by atoms with Crippen molar-refractivity contribution < 1.29 is 9.47 Å². The van der Waals surface area contributed by atoms with Gasteiger partial charge in [-0.3, -0.25) is 4.98 Å². The molecule has 1 atom stereocenters. The van der Waals surface area contributed by atoms with Crippen molar-refractivity contribution in [3.05, 3.63) is 36.7 Å². The number of hydrogen-bond donors (Lipinski definition) is 2. The maximum atomic E-state index is 5.44. The number of aromatic nitrogens is 3. The van der Waals surface area contributed by atoms with Crippen molar-refractivity contribution in [3.8, 4) is 22.8 Å². The zero-order valence-corrected chi connectivity index (χ0v) is 16.2. The van der Waals surface area contributed by atoms with E-state index in [2.05, 4.69) is 20.6 Å². The van der Waals surface area contributed by atoms with E-state index in [1.165, 1.54) is 12.8 Å². The predicted molar refractivity (Wildman–Crippen MR) is 110 cm³/mol. The summed E-state index contributed by atoms with van der Waals surface area (Å²) in [5, 5.41) is 6.96. The van der Waals surface area contributed by atoms with Crippen LogP contribution in [0.3, 0.4) is 0 Å². The predicted octanol–water partition coefficient (Wildman–Crippen LogP) is 3.12. The van der Waals surface area contributed by atoms with Gasteiger partial charge < -0.3 is 20.1 Å². The monoisotopic (exact) mass is 379 g/mol. The van der Waals surface area contributed by atoms with Crippen LogP contribution in [0.5, 0.6) is 11.5 Å². The van der Waals surface area contributed by atoms with E-state index in [4.69, 9.17) is 14.5 Å². The molecule has 0 unspecified atom stereocenters. The summed E-state index contributed by atoms with van der Waals surface area (Å²) in [5.41, 5.74) is 3.35. The van der Waals surface area contributed by atoms with Crippen LogP contribution in [0.25, 0.3) is 22.3 Å². The van der Waals surface area contributed by atoms with Crippen LogP contribution in [0.1, 0.15) is 12.8 Å². The largest absolute Gasteiger partial charge is 0.493 e. The van der Waals surface area contributed by atoms with Crippen molar-refractivity contribution in [3.63, 3.8) is 0 Å². The van der Waals surface area contributed by atoms with Crippen LogP contribution in [0, 0.1) is 5.92 Å². The molecule has 3 aromatic rings. The van der Waals surface area contributed by atoms with Gasteiger partial charge in [-0.15, -0.1) is 0 Å². The minimum atomic E-state index is 0.590. The van der Waals surface area contributed by atoms with Crippen molar-refractivity contribution in [1.82, 2.24) is 20.3 Å². The van der Waals surface area contributed by atoms with Gasteiger partial charge in [0, 0.05) is 24.5 Å². The molecular weight excluding hydrogens is 354 g/mol. The Morgan fingerprint density at radius 2 is 1.96 bits per heavy atom. The zero-order chi connectivity index (χ0) is 19.3. The molecule has 1 saturated heterocycles. The Hall–Kier alpha value is -2.93. The van der Waals surface area contributed by atoms with Gasteiger partial charge in [0.1, 0.15) is 5.52 Å². The van der Waals surface area contributed by atoms with Crippen molar-refractivity contribution >= 4 is 16.9 Å². The highest BCUT2D eigenvalue weighted by Gasteiger charge is 2.16. The standard InChI is InChI=1S/C21H25N5O2/c1-27-18-6-5-15(10-19(18)28-2)16-11-17-20(24-9-8-23-17)21(26-16)25-13-14-4-3-7-22-12-14/h5-6,8-11,14,22H,3-4,7,12-13H2,1-2H3,(H,25,26)/t14-/m1/s1. The number of anilines is 1. The van der Waals surface area contributed by atoms with Gasteiger partial charge in [-0.25, -0.2) is 9.97 Å². The molecule has 146 valence electrons. The minimum Gasteiger partial charge on any atom is -0.493 e. The lowest BCUT2D eigenvalue weighted by Gasteiger charge is -2.23. The molecule has 28 heavy (non-hydrogen) atoms. The third-order valence-corrected chi connectivity index (χ3v) is 5.09. The molecule has 1 fully saturated rings. The van der Waals surface area contributed by atoms with Crippen LogP contribution in [0.2, 0.25) is 0 Å². The molecule has 0 saturated carbocycles. The highest BCUT2D eigenvalue weighted by molar-refractivity contribution is 5.88. The Kier molecular flexibility index (Phi) is 5.53. The van der Waals surface area contributed by atoms with E-state index < -0.39 is 0 Å². The van der Waals surface area contributed by atoms with Crippen LogP contribution in [0.4, 0.5) is 5.82 Å². The normalized spacial score (nSPS) is 16.7. The van der Waals surface area contributed by atoms with Gasteiger partial charge in [0.15, 0.2) is 17.3 Å². The number of hydrogen-bond acceptors (Lipinski definition) is 7. The highest BCUT2D eigenvalue weighted by Crippen LogP contribution is 2.33. The fraction of sp³-hybridized carbons (Fsp3) is 0.381. The molecule has 7 nitrogen and oxygen atoms in total. The molecule has 0 spiro atoms. The van der Waals surface area contributed by atoms with Crippen LogP contribution < -0.4 is 20.1 Å². The maximum absolute atomic E-state index is 5.44. The van der Waals surface area contributed by atoms with Gasteiger partial charge in [-0.1, -0.05) is 0 Å². The molecule has 1 aliphatic rings. The Morgan fingerprint density at radius 1 is 1.11 bits per heavy atom. The Morgan fingerprint density at radius 3 is 2.75 bits per heavy atom. The van der Waals surface area contributed by atoms with Crippen LogP contribution >= 0.6 is 0 Å². The number of benzene rings is 1. The molecule has 3 heterocycles. The fourth-order valence-electron chi connectivity index (χ4n) is 3.58. The number of nitrogens with zero attached hydrogens (tertiary/aromatic N) is 3. The first-order valence-corrected chi connectivity index (χ1v) is 9.57. The summed E-state index contributed by atoms with van der Waals surface area (Å²) < 4.78 is 10.8. The summed E-state index contributed by atoms with van der Waals surface area (Å²) in [6, 6.07) is 7.74. The third-order valence-electron chi connectivity index (χ3n) is 5.09. The molecule has 0 radical (unpaired) electrons. The van der Waals surface area contributed by atoms with Crippen molar-refractivity contribution in [1.29, 1.82) is 0 Å². The SMILES string of the molecule is COc1ccc(-c2cc3nccnc3c(NC[C@@H]3CCCNC3)n2)cc1OC.